The van der Waals surface area contributed by atoms with Crippen LogP contribution in [0.4, 0.5) is 5.69 Å². The van der Waals surface area contributed by atoms with E-state index in [1.54, 1.807) is 22.8 Å². The average Bonchev–Trinajstić information content (AvgIpc) is 3.05. The van der Waals surface area contributed by atoms with Crippen molar-refractivity contribution in [2.24, 2.45) is 7.05 Å². The summed E-state index contributed by atoms with van der Waals surface area (Å²) in [6, 6.07) is 8.80. The van der Waals surface area contributed by atoms with E-state index in [4.69, 9.17) is 39.5 Å². The smallest absolute Gasteiger partial charge is 0.234 e. The Bertz CT molecular complexity index is 1040. The topological polar surface area (TPSA) is 69.0 Å². The van der Waals surface area contributed by atoms with Gasteiger partial charge in [-0.05, 0) is 49.2 Å². The second kappa shape index (κ2) is 9.92. The zero-order valence-electron chi connectivity index (χ0n) is 16.5. The quantitative estimate of drug-likeness (QED) is 0.435. The van der Waals surface area contributed by atoms with Gasteiger partial charge in [0, 0.05) is 12.1 Å². The fourth-order valence-electron chi connectivity index (χ4n) is 2.66. The Morgan fingerprint density at radius 1 is 1.13 bits per heavy atom. The van der Waals surface area contributed by atoms with Crippen molar-refractivity contribution in [1.29, 1.82) is 0 Å². The minimum absolute atomic E-state index is 0.129. The molecule has 30 heavy (non-hydrogen) atoms. The van der Waals surface area contributed by atoms with Crippen molar-refractivity contribution in [3.8, 4) is 5.75 Å². The number of anilines is 1. The highest BCUT2D eigenvalue weighted by atomic mass is 35.5. The fourth-order valence-corrected chi connectivity index (χ4v) is 3.99. The first-order valence-electron chi connectivity index (χ1n) is 8.90. The van der Waals surface area contributed by atoms with Crippen molar-refractivity contribution in [3.05, 3.63) is 62.4 Å². The lowest BCUT2D eigenvalue weighted by molar-refractivity contribution is -0.113. The first kappa shape index (κ1) is 22.7. The molecule has 0 spiro atoms. The third-order valence-electron chi connectivity index (χ3n) is 4.26. The van der Waals surface area contributed by atoms with Gasteiger partial charge in [-0.2, -0.15) is 0 Å². The van der Waals surface area contributed by atoms with Gasteiger partial charge in [0.05, 0.1) is 21.5 Å². The zero-order chi connectivity index (χ0) is 21.8. The number of benzene rings is 2. The first-order chi connectivity index (χ1) is 14.3. The van der Waals surface area contributed by atoms with Crippen molar-refractivity contribution in [2.45, 2.75) is 25.6 Å². The summed E-state index contributed by atoms with van der Waals surface area (Å²) < 4.78 is 7.62. The molecule has 0 saturated heterocycles. The SMILES string of the molecule is Cc1cc(OCc2nnc(SCC(=O)Nc3c(Cl)cccc3Cl)n2C)cc(C)c1Cl. The molecular formula is C20H19Cl3N4O2S. The summed E-state index contributed by atoms with van der Waals surface area (Å²) in [6.45, 7) is 4.10. The number of aryl methyl sites for hydroxylation is 2. The Balaban J connectivity index is 1.58. The van der Waals surface area contributed by atoms with E-state index in [1.807, 2.05) is 33.0 Å². The van der Waals surface area contributed by atoms with E-state index < -0.39 is 0 Å². The highest BCUT2D eigenvalue weighted by Gasteiger charge is 2.14. The predicted octanol–water partition coefficient (Wildman–Crippen LogP) is 5.70. The molecule has 0 saturated carbocycles. The Morgan fingerprint density at radius 2 is 1.77 bits per heavy atom. The van der Waals surface area contributed by atoms with E-state index in [-0.39, 0.29) is 18.3 Å². The van der Waals surface area contributed by atoms with Gasteiger partial charge in [-0.25, -0.2) is 0 Å². The largest absolute Gasteiger partial charge is 0.486 e. The molecule has 0 atom stereocenters. The van der Waals surface area contributed by atoms with Gasteiger partial charge < -0.3 is 14.6 Å². The lowest BCUT2D eigenvalue weighted by atomic mass is 10.1. The highest BCUT2D eigenvalue weighted by molar-refractivity contribution is 7.99. The second-order valence-corrected chi connectivity index (χ2v) is 8.69. The lowest BCUT2D eigenvalue weighted by Gasteiger charge is -2.10. The van der Waals surface area contributed by atoms with E-state index >= 15 is 0 Å². The van der Waals surface area contributed by atoms with E-state index in [0.29, 0.717) is 32.5 Å². The van der Waals surface area contributed by atoms with Crippen LogP contribution in [0, 0.1) is 13.8 Å². The van der Waals surface area contributed by atoms with Crippen LogP contribution < -0.4 is 10.1 Å². The summed E-state index contributed by atoms with van der Waals surface area (Å²) in [5.41, 5.74) is 2.29. The second-order valence-electron chi connectivity index (χ2n) is 6.55. The average molecular weight is 486 g/mol. The van der Waals surface area contributed by atoms with Crippen molar-refractivity contribution in [2.75, 3.05) is 11.1 Å². The minimum Gasteiger partial charge on any atom is -0.486 e. The molecule has 3 rings (SSSR count). The van der Waals surface area contributed by atoms with Gasteiger partial charge in [0.2, 0.25) is 5.91 Å². The monoisotopic (exact) mass is 484 g/mol. The molecule has 3 aromatic rings. The molecule has 0 bridgehead atoms. The van der Waals surface area contributed by atoms with E-state index in [9.17, 15) is 4.79 Å². The summed E-state index contributed by atoms with van der Waals surface area (Å²) in [4.78, 5) is 12.3. The lowest BCUT2D eigenvalue weighted by Crippen LogP contribution is -2.15. The number of aromatic nitrogens is 3. The summed E-state index contributed by atoms with van der Waals surface area (Å²) in [5.74, 6) is 1.23. The molecule has 1 aromatic heterocycles. The van der Waals surface area contributed by atoms with Crippen molar-refractivity contribution >= 4 is 58.2 Å². The molecule has 0 aliphatic heterocycles. The molecule has 158 valence electrons. The zero-order valence-corrected chi connectivity index (χ0v) is 19.6. The number of rotatable bonds is 7. The van der Waals surface area contributed by atoms with Crippen molar-refractivity contribution in [3.63, 3.8) is 0 Å². The molecular weight excluding hydrogens is 467 g/mol. The maximum atomic E-state index is 12.3. The molecule has 1 heterocycles. The molecule has 1 amide bonds. The Hall–Kier alpha value is -1.93. The number of amides is 1. The Kier molecular flexibility index (Phi) is 7.52. The van der Waals surface area contributed by atoms with Crippen LogP contribution in [0.5, 0.6) is 5.75 Å². The molecule has 0 radical (unpaired) electrons. The molecule has 2 aromatic carbocycles. The number of halogens is 3. The molecule has 6 nitrogen and oxygen atoms in total. The van der Waals surface area contributed by atoms with Gasteiger partial charge in [0.15, 0.2) is 11.0 Å². The molecule has 0 aliphatic rings. The highest BCUT2D eigenvalue weighted by Crippen LogP contribution is 2.30. The maximum Gasteiger partial charge on any atom is 0.234 e. The van der Waals surface area contributed by atoms with Crippen molar-refractivity contribution < 1.29 is 9.53 Å². The predicted molar refractivity (Wildman–Crippen MR) is 122 cm³/mol. The number of thioether (sulfide) groups is 1. The molecule has 10 heteroatoms. The number of nitrogens with one attached hydrogen (secondary N) is 1. The molecule has 0 fully saturated rings. The van der Waals surface area contributed by atoms with E-state index in [1.165, 1.54) is 11.8 Å². The third-order valence-corrected chi connectivity index (χ3v) is 6.51. The van der Waals surface area contributed by atoms with Gasteiger partial charge in [-0.15, -0.1) is 10.2 Å². The number of carbonyl (C=O) groups excluding carboxylic acids is 1. The van der Waals surface area contributed by atoms with Crippen LogP contribution >= 0.6 is 46.6 Å². The number of ether oxygens (including phenoxy) is 1. The summed E-state index contributed by atoms with van der Waals surface area (Å²) >= 11 is 19.6. The van der Waals surface area contributed by atoms with Gasteiger partial charge in [-0.3, -0.25) is 4.79 Å². The number of carbonyl (C=O) groups is 1. The normalized spacial score (nSPS) is 10.9. The van der Waals surface area contributed by atoms with Crippen LogP contribution in [0.25, 0.3) is 0 Å². The number of para-hydroxylation sites is 1. The summed E-state index contributed by atoms with van der Waals surface area (Å²) in [6.07, 6.45) is 0. The summed E-state index contributed by atoms with van der Waals surface area (Å²) in [7, 11) is 1.82. The van der Waals surface area contributed by atoms with Crippen LogP contribution in [0.3, 0.4) is 0 Å². The van der Waals surface area contributed by atoms with E-state index in [2.05, 4.69) is 15.5 Å². The van der Waals surface area contributed by atoms with Gasteiger partial charge in [0.25, 0.3) is 0 Å². The number of nitrogens with zero attached hydrogens (tertiary/aromatic N) is 3. The Morgan fingerprint density at radius 3 is 2.40 bits per heavy atom. The van der Waals surface area contributed by atoms with Gasteiger partial charge in [-0.1, -0.05) is 52.6 Å². The van der Waals surface area contributed by atoms with Gasteiger partial charge in [0.1, 0.15) is 12.4 Å². The molecule has 0 unspecified atom stereocenters. The molecule has 1 N–H and O–H groups in total. The minimum atomic E-state index is -0.247. The van der Waals surface area contributed by atoms with Crippen LogP contribution in [0.15, 0.2) is 35.5 Å². The van der Waals surface area contributed by atoms with Crippen LogP contribution in [-0.2, 0) is 18.4 Å². The van der Waals surface area contributed by atoms with Crippen molar-refractivity contribution in [1.82, 2.24) is 14.8 Å². The first-order valence-corrected chi connectivity index (χ1v) is 11.0. The third kappa shape index (κ3) is 5.40. The fraction of sp³-hybridized carbons (Fsp3) is 0.250. The number of hydrogen-bond acceptors (Lipinski definition) is 5. The number of hydrogen-bond donors (Lipinski definition) is 1. The van der Waals surface area contributed by atoms with E-state index in [0.717, 1.165) is 16.1 Å². The van der Waals surface area contributed by atoms with Gasteiger partial charge >= 0.3 is 0 Å². The molecule has 0 aliphatic carbocycles. The van der Waals surface area contributed by atoms with Crippen LogP contribution in [0.1, 0.15) is 17.0 Å². The van der Waals surface area contributed by atoms with Crippen LogP contribution in [-0.4, -0.2) is 26.4 Å². The summed E-state index contributed by atoms with van der Waals surface area (Å²) in [5, 5.41) is 13.1. The standard InChI is InChI=1S/C20H19Cl3N4O2S/c1-11-7-13(8-12(2)18(11)23)29-9-16-25-26-20(27(16)3)30-10-17(28)24-19-14(21)5-4-6-15(19)22/h4-8H,9-10H2,1-3H3,(H,24,28). The van der Waals surface area contributed by atoms with Crippen LogP contribution in [0.2, 0.25) is 15.1 Å². The Labute approximate surface area is 193 Å². The maximum absolute atomic E-state index is 12.3.